The van der Waals surface area contributed by atoms with Crippen molar-refractivity contribution in [3.8, 4) is 11.4 Å². The van der Waals surface area contributed by atoms with Crippen molar-refractivity contribution in [2.45, 2.75) is 31.8 Å². The number of hydrogen-bond donors (Lipinski definition) is 2. The van der Waals surface area contributed by atoms with Gasteiger partial charge in [-0.15, -0.1) is 16.4 Å². The summed E-state index contributed by atoms with van der Waals surface area (Å²) in [4.78, 5) is 25.1. The number of thiophene rings is 1. The van der Waals surface area contributed by atoms with E-state index in [0.29, 0.717) is 22.4 Å². The predicted molar refractivity (Wildman–Crippen MR) is 101 cm³/mol. The van der Waals surface area contributed by atoms with E-state index in [1.165, 1.54) is 11.3 Å². The summed E-state index contributed by atoms with van der Waals surface area (Å²) in [6, 6.07) is 10.6. The van der Waals surface area contributed by atoms with Crippen LogP contribution >= 0.6 is 11.3 Å². The highest BCUT2D eigenvalue weighted by Gasteiger charge is 2.28. The van der Waals surface area contributed by atoms with Crippen molar-refractivity contribution in [1.82, 2.24) is 25.5 Å². The van der Waals surface area contributed by atoms with Crippen molar-refractivity contribution in [1.29, 1.82) is 0 Å². The van der Waals surface area contributed by atoms with Crippen molar-refractivity contribution in [3.63, 3.8) is 0 Å². The topological polar surface area (TPSA) is 102 Å². The van der Waals surface area contributed by atoms with Crippen molar-refractivity contribution in [2.24, 2.45) is 0 Å². The Bertz CT molecular complexity index is 964. The standard InChI is InChI=1S/C18H18N6O2S/c1-11(19-18(26)15-6-3-9-27-15)17(25)20-13-5-2-4-12(10-13)16-21-22-23-24(16)14-7-8-14/h2-6,9-11,14H,7-8H2,1H3,(H,19,26)(H,20,25). The summed E-state index contributed by atoms with van der Waals surface area (Å²) < 4.78 is 1.82. The predicted octanol–water partition coefficient (Wildman–Crippen LogP) is 2.49. The number of amides is 2. The molecule has 1 saturated carbocycles. The van der Waals surface area contributed by atoms with E-state index in [2.05, 4.69) is 26.2 Å². The first-order valence-electron chi connectivity index (χ1n) is 8.65. The van der Waals surface area contributed by atoms with E-state index in [-0.39, 0.29) is 11.8 Å². The second-order valence-corrected chi connectivity index (χ2v) is 7.37. The minimum absolute atomic E-state index is 0.259. The highest BCUT2D eigenvalue weighted by molar-refractivity contribution is 7.12. The van der Waals surface area contributed by atoms with Crippen LogP contribution in [0.2, 0.25) is 0 Å². The van der Waals surface area contributed by atoms with Crippen LogP contribution in [0.1, 0.15) is 35.5 Å². The molecule has 0 spiro atoms. The Kier molecular flexibility index (Phi) is 4.68. The first-order chi connectivity index (χ1) is 13.1. The molecule has 2 heterocycles. The zero-order valence-electron chi connectivity index (χ0n) is 14.6. The van der Waals surface area contributed by atoms with E-state index in [0.717, 1.165) is 18.4 Å². The zero-order valence-corrected chi connectivity index (χ0v) is 15.4. The van der Waals surface area contributed by atoms with Crippen LogP contribution in [0.4, 0.5) is 5.69 Å². The summed E-state index contributed by atoms with van der Waals surface area (Å²) >= 11 is 1.33. The quantitative estimate of drug-likeness (QED) is 0.682. The molecule has 4 rings (SSSR count). The Morgan fingerprint density at radius 3 is 2.85 bits per heavy atom. The van der Waals surface area contributed by atoms with E-state index in [9.17, 15) is 9.59 Å². The fourth-order valence-corrected chi connectivity index (χ4v) is 3.30. The molecule has 0 saturated heterocycles. The van der Waals surface area contributed by atoms with Gasteiger partial charge >= 0.3 is 0 Å². The van der Waals surface area contributed by atoms with E-state index in [1.54, 1.807) is 25.1 Å². The molecule has 138 valence electrons. The molecule has 0 aliphatic heterocycles. The summed E-state index contributed by atoms with van der Waals surface area (Å²) in [6.07, 6.45) is 2.16. The molecule has 0 bridgehead atoms. The number of anilines is 1. The number of carbonyl (C=O) groups is 2. The summed E-state index contributed by atoms with van der Waals surface area (Å²) in [5, 5.41) is 19.3. The molecular formula is C18H18N6O2S. The molecule has 1 unspecified atom stereocenters. The second kappa shape index (κ2) is 7.28. The molecule has 1 aliphatic carbocycles. The first-order valence-corrected chi connectivity index (χ1v) is 9.53. The van der Waals surface area contributed by atoms with E-state index in [4.69, 9.17) is 0 Å². The largest absolute Gasteiger partial charge is 0.340 e. The summed E-state index contributed by atoms with van der Waals surface area (Å²) in [7, 11) is 0. The molecule has 1 fully saturated rings. The maximum atomic E-state index is 12.4. The number of nitrogens with one attached hydrogen (secondary N) is 2. The SMILES string of the molecule is CC(NC(=O)c1cccs1)C(=O)Nc1cccc(-c2nnnn2C2CC2)c1. The maximum Gasteiger partial charge on any atom is 0.261 e. The molecule has 3 aromatic rings. The van der Waals surface area contributed by atoms with Crippen LogP contribution in [0.25, 0.3) is 11.4 Å². The van der Waals surface area contributed by atoms with Gasteiger partial charge < -0.3 is 10.6 Å². The van der Waals surface area contributed by atoms with Gasteiger partial charge in [0.05, 0.1) is 10.9 Å². The lowest BCUT2D eigenvalue weighted by Crippen LogP contribution is -2.41. The zero-order chi connectivity index (χ0) is 18.8. The van der Waals surface area contributed by atoms with Crippen LogP contribution < -0.4 is 10.6 Å². The average Bonchev–Trinajstić information content (AvgIpc) is 3.16. The van der Waals surface area contributed by atoms with Crippen LogP contribution in [-0.2, 0) is 4.79 Å². The number of hydrogen-bond acceptors (Lipinski definition) is 6. The van der Waals surface area contributed by atoms with E-state index in [1.807, 2.05) is 28.3 Å². The molecule has 8 nitrogen and oxygen atoms in total. The van der Waals surface area contributed by atoms with Gasteiger partial charge in [-0.3, -0.25) is 9.59 Å². The van der Waals surface area contributed by atoms with Gasteiger partial charge in [0.1, 0.15) is 6.04 Å². The van der Waals surface area contributed by atoms with Crippen molar-refractivity contribution in [2.75, 3.05) is 5.32 Å². The molecule has 2 aromatic heterocycles. The minimum Gasteiger partial charge on any atom is -0.340 e. The molecule has 2 N–H and O–H groups in total. The Hall–Kier alpha value is -3.07. The monoisotopic (exact) mass is 382 g/mol. The Labute approximate surface area is 159 Å². The molecule has 1 aliphatic rings. The fourth-order valence-electron chi connectivity index (χ4n) is 2.68. The minimum atomic E-state index is -0.667. The third-order valence-electron chi connectivity index (χ3n) is 4.26. The summed E-state index contributed by atoms with van der Waals surface area (Å²) in [5.41, 5.74) is 1.46. The van der Waals surface area contributed by atoms with Crippen LogP contribution in [0.5, 0.6) is 0 Å². The number of nitrogens with zero attached hydrogens (tertiary/aromatic N) is 4. The van der Waals surface area contributed by atoms with Gasteiger partial charge in [0.15, 0.2) is 5.82 Å². The molecule has 9 heteroatoms. The molecule has 2 amide bonds. The van der Waals surface area contributed by atoms with Crippen molar-refractivity contribution in [3.05, 3.63) is 46.7 Å². The average molecular weight is 382 g/mol. The number of aromatic nitrogens is 4. The van der Waals surface area contributed by atoms with Gasteiger partial charge in [0, 0.05) is 11.3 Å². The van der Waals surface area contributed by atoms with E-state index < -0.39 is 6.04 Å². The molecular weight excluding hydrogens is 364 g/mol. The molecule has 0 radical (unpaired) electrons. The normalized spacial score (nSPS) is 14.6. The lowest BCUT2D eigenvalue weighted by Gasteiger charge is -2.14. The van der Waals surface area contributed by atoms with Crippen molar-refractivity contribution < 1.29 is 9.59 Å². The Morgan fingerprint density at radius 2 is 2.11 bits per heavy atom. The number of carbonyl (C=O) groups excluding carboxylic acids is 2. The Morgan fingerprint density at radius 1 is 1.26 bits per heavy atom. The second-order valence-electron chi connectivity index (χ2n) is 6.42. The van der Waals surface area contributed by atoms with Gasteiger partial charge in [-0.25, -0.2) is 4.68 Å². The van der Waals surface area contributed by atoms with Gasteiger partial charge in [-0.1, -0.05) is 18.2 Å². The van der Waals surface area contributed by atoms with Crippen LogP contribution in [0.15, 0.2) is 41.8 Å². The van der Waals surface area contributed by atoms with Gasteiger partial charge in [0.2, 0.25) is 5.91 Å². The third kappa shape index (κ3) is 3.87. The number of rotatable bonds is 6. The molecule has 27 heavy (non-hydrogen) atoms. The highest BCUT2D eigenvalue weighted by Crippen LogP contribution is 2.36. The van der Waals surface area contributed by atoms with Crippen molar-refractivity contribution >= 4 is 28.8 Å². The van der Waals surface area contributed by atoms with Gasteiger partial charge in [0.25, 0.3) is 5.91 Å². The highest BCUT2D eigenvalue weighted by atomic mass is 32.1. The molecule has 1 atom stereocenters. The Balaban J connectivity index is 1.44. The lowest BCUT2D eigenvalue weighted by atomic mass is 10.1. The van der Waals surface area contributed by atoms with E-state index >= 15 is 0 Å². The van der Waals surface area contributed by atoms with Gasteiger partial charge in [-0.05, 0) is 53.8 Å². The lowest BCUT2D eigenvalue weighted by molar-refractivity contribution is -0.117. The van der Waals surface area contributed by atoms with Crippen LogP contribution in [-0.4, -0.2) is 38.1 Å². The fraction of sp³-hybridized carbons (Fsp3) is 0.278. The summed E-state index contributed by atoms with van der Waals surface area (Å²) in [6.45, 7) is 1.65. The third-order valence-corrected chi connectivity index (χ3v) is 5.13. The molecule has 1 aromatic carbocycles. The maximum absolute atomic E-state index is 12.4. The van der Waals surface area contributed by atoms with Crippen LogP contribution in [0, 0.1) is 0 Å². The van der Waals surface area contributed by atoms with Crippen LogP contribution in [0.3, 0.4) is 0 Å². The van der Waals surface area contributed by atoms with Gasteiger partial charge in [-0.2, -0.15) is 0 Å². The number of tetrazole rings is 1. The smallest absolute Gasteiger partial charge is 0.261 e. The number of benzene rings is 1. The summed E-state index contributed by atoms with van der Waals surface area (Å²) in [5.74, 6) is 0.136. The first kappa shape index (κ1) is 17.3.